The molecule has 12 heteroatoms. The Bertz CT molecular complexity index is 1400. The molecule has 0 spiro atoms. The van der Waals surface area contributed by atoms with Gasteiger partial charge >= 0.3 is 12.4 Å². The predicted molar refractivity (Wildman–Crippen MR) is 133 cm³/mol. The number of urea groups is 1. The predicted octanol–water partition coefficient (Wildman–Crippen LogP) is 6.73. The Morgan fingerprint density at radius 1 is 1.06 bits per heavy atom. The van der Waals surface area contributed by atoms with E-state index >= 15 is 0 Å². The monoisotopic (exact) mass is 534 g/mol. The average Bonchev–Trinajstić information content (AvgIpc) is 3.21. The first-order valence-electron chi connectivity index (χ1n) is 10.4. The molecule has 0 fully saturated rings. The smallest absolute Gasteiger partial charge is 0.406 e. The molecule has 1 heterocycles. The maximum Gasteiger partial charge on any atom is 0.573 e. The maximum absolute atomic E-state index is 12.7. The number of aromatic nitrogens is 1. The Morgan fingerprint density at radius 3 is 2.50 bits per heavy atom. The zero-order valence-corrected chi connectivity index (χ0v) is 20.1. The van der Waals surface area contributed by atoms with E-state index in [1.807, 2.05) is 13.0 Å². The Morgan fingerprint density at radius 2 is 1.81 bits per heavy atom. The Labute approximate surface area is 212 Å². The molecule has 0 saturated heterocycles. The van der Waals surface area contributed by atoms with Gasteiger partial charge in [0.05, 0.1) is 20.9 Å². The molecule has 0 aliphatic heterocycles. The third-order valence-corrected chi connectivity index (χ3v) is 6.19. The molecule has 1 aromatic heterocycles. The third-order valence-electron chi connectivity index (χ3n) is 4.94. The summed E-state index contributed by atoms with van der Waals surface area (Å²) in [5.74, 6) is -0.680. The minimum atomic E-state index is -4.77. The van der Waals surface area contributed by atoms with Gasteiger partial charge in [-0.2, -0.15) is 0 Å². The molecule has 186 valence electrons. The topological polar surface area (TPSA) is 92.4 Å². The van der Waals surface area contributed by atoms with E-state index < -0.39 is 12.4 Å². The number of halogens is 4. The lowest BCUT2D eigenvalue weighted by Crippen LogP contribution is -2.28. The van der Waals surface area contributed by atoms with E-state index in [4.69, 9.17) is 11.6 Å². The minimum Gasteiger partial charge on any atom is -0.406 e. The fourth-order valence-corrected chi connectivity index (χ4v) is 4.40. The molecule has 4 rings (SSSR count). The van der Waals surface area contributed by atoms with E-state index in [0.29, 0.717) is 37.2 Å². The number of alkyl halides is 3. The van der Waals surface area contributed by atoms with Crippen LogP contribution in [-0.2, 0) is 6.54 Å². The van der Waals surface area contributed by atoms with E-state index in [2.05, 4.69) is 25.7 Å². The van der Waals surface area contributed by atoms with Crippen LogP contribution in [0.25, 0.3) is 10.2 Å². The summed E-state index contributed by atoms with van der Waals surface area (Å²) >= 11 is 7.37. The number of para-hydroxylation sites is 1. The van der Waals surface area contributed by atoms with Gasteiger partial charge in [-0.3, -0.25) is 10.1 Å². The number of benzene rings is 3. The van der Waals surface area contributed by atoms with Crippen LogP contribution in [0.15, 0.2) is 60.7 Å². The third kappa shape index (κ3) is 6.43. The summed E-state index contributed by atoms with van der Waals surface area (Å²) in [5, 5.41) is 8.78. The van der Waals surface area contributed by atoms with Crippen LogP contribution in [0.1, 0.15) is 21.5 Å². The number of thiazole rings is 1. The fraction of sp³-hybridized carbons (Fsp3) is 0.125. The number of nitrogens with one attached hydrogen (secondary N) is 3. The number of carbonyl (C=O) groups is 2. The van der Waals surface area contributed by atoms with Crippen molar-refractivity contribution in [3.05, 3.63) is 82.4 Å². The fourth-order valence-electron chi connectivity index (χ4n) is 3.23. The quantitative estimate of drug-likeness (QED) is 0.256. The summed E-state index contributed by atoms with van der Waals surface area (Å²) < 4.78 is 41.2. The molecule has 0 saturated carbocycles. The molecule has 4 aromatic rings. The Balaban J connectivity index is 1.36. The molecule has 3 N–H and O–H groups in total. The van der Waals surface area contributed by atoms with Gasteiger partial charge in [0.1, 0.15) is 5.75 Å². The first kappa shape index (κ1) is 25.3. The van der Waals surface area contributed by atoms with Crippen molar-refractivity contribution in [1.29, 1.82) is 0 Å². The van der Waals surface area contributed by atoms with Gasteiger partial charge in [-0.25, -0.2) is 9.78 Å². The van der Waals surface area contributed by atoms with E-state index in [1.54, 1.807) is 30.3 Å². The summed E-state index contributed by atoms with van der Waals surface area (Å²) in [4.78, 5) is 29.3. The second-order valence-electron chi connectivity index (χ2n) is 7.59. The largest absolute Gasteiger partial charge is 0.573 e. The van der Waals surface area contributed by atoms with Crippen molar-refractivity contribution in [2.45, 2.75) is 19.8 Å². The zero-order valence-electron chi connectivity index (χ0n) is 18.6. The van der Waals surface area contributed by atoms with Gasteiger partial charge in [-0.15, -0.1) is 13.2 Å². The van der Waals surface area contributed by atoms with Crippen LogP contribution in [0.5, 0.6) is 5.75 Å². The summed E-state index contributed by atoms with van der Waals surface area (Å²) in [5.41, 5.74) is 2.95. The highest BCUT2D eigenvalue weighted by Gasteiger charge is 2.30. The van der Waals surface area contributed by atoms with E-state index in [9.17, 15) is 22.8 Å². The summed E-state index contributed by atoms with van der Waals surface area (Å²) in [6.07, 6.45) is -4.77. The second-order valence-corrected chi connectivity index (χ2v) is 9.02. The SMILES string of the molecule is Cc1cccc(Cl)c1NC(=O)c1ccc2nc(NC(=O)NCc3ccc(OC(F)(F)F)cc3)sc2c1. The first-order valence-corrected chi connectivity index (χ1v) is 11.6. The van der Waals surface area contributed by atoms with Gasteiger partial charge in [0, 0.05) is 12.1 Å². The Kier molecular flexibility index (Phi) is 7.32. The molecule has 3 amide bonds. The first-order chi connectivity index (χ1) is 17.1. The van der Waals surface area contributed by atoms with Crippen molar-refractivity contribution in [1.82, 2.24) is 10.3 Å². The lowest BCUT2D eigenvalue weighted by atomic mass is 10.1. The summed E-state index contributed by atoms with van der Waals surface area (Å²) in [6, 6.07) is 14.9. The van der Waals surface area contributed by atoms with Crippen LogP contribution in [0, 0.1) is 6.92 Å². The minimum absolute atomic E-state index is 0.0782. The zero-order chi connectivity index (χ0) is 25.9. The molecular weight excluding hydrogens is 517 g/mol. The Hall–Kier alpha value is -3.83. The van der Waals surface area contributed by atoms with E-state index in [-0.39, 0.29) is 18.2 Å². The van der Waals surface area contributed by atoms with Crippen molar-refractivity contribution in [3.63, 3.8) is 0 Å². The molecule has 0 unspecified atom stereocenters. The van der Waals surface area contributed by atoms with Crippen molar-refractivity contribution in [3.8, 4) is 5.75 Å². The maximum atomic E-state index is 12.7. The van der Waals surface area contributed by atoms with Crippen LogP contribution < -0.4 is 20.7 Å². The number of hydrogen-bond donors (Lipinski definition) is 3. The van der Waals surface area contributed by atoms with Gasteiger partial charge < -0.3 is 15.4 Å². The highest BCUT2D eigenvalue weighted by Crippen LogP contribution is 2.29. The van der Waals surface area contributed by atoms with Crippen LogP contribution in [-0.4, -0.2) is 23.3 Å². The molecular formula is C24H18ClF3N4O3S. The van der Waals surface area contributed by atoms with Crippen molar-refractivity contribution < 1.29 is 27.5 Å². The van der Waals surface area contributed by atoms with Gasteiger partial charge in [0.25, 0.3) is 5.91 Å². The molecule has 0 aliphatic carbocycles. The van der Waals surface area contributed by atoms with Crippen LogP contribution in [0.2, 0.25) is 5.02 Å². The number of fused-ring (bicyclic) bond motifs is 1. The highest BCUT2D eigenvalue weighted by atomic mass is 35.5. The second kappa shape index (κ2) is 10.4. The van der Waals surface area contributed by atoms with Gasteiger partial charge in [0.2, 0.25) is 0 Å². The van der Waals surface area contributed by atoms with Gasteiger partial charge in [-0.1, -0.05) is 47.2 Å². The standard InChI is InChI=1S/C24H18ClF3N4O3S/c1-13-3-2-4-17(25)20(13)31-21(33)15-7-10-18-19(11-15)36-23(30-18)32-22(34)29-12-14-5-8-16(9-6-14)35-24(26,27)28/h2-11H,12H2,1H3,(H,31,33)(H2,29,30,32,34). The number of hydrogen-bond acceptors (Lipinski definition) is 5. The number of anilines is 2. The van der Waals surface area contributed by atoms with E-state index in [1.165, 1.54) is 23.5 Å². The van der Waals surface area contributed by atoms with Gasteiger partial charge in [0.15, 0.2) is 5.13 Å². The van der Waals surface area contributed by atoms with Crippen LogP contribution in [0.4, 0.5) is 28.8 Å². The highest BCUT2D eigenvalue weighted by molar-refractivity contribution is 7.22. The van der Waals surface area contributed by atoms with Gasteiger partial charge in [-0.05, 0) is 54.4 Å². The molecule has 36 heavy (non-hydrogen) atoms. The summed E-state index contributed by atoms with van der Waals surface area (Å²) in [7, 11) is 0. The van der Waals surface area contributed by atoms with Crippen molar-refractivity contribution in [2.24, 2.45) is 0 Å². The number of aryl methyl sites for hydroxylation is 1. The molecule has 0 atom stereocenters. The van der Waals surface area contributed by atoms with Crippen molar-refractivity contribution in [2.75, 3.05) is 10.6 Å². The molecule has 3 aromatic carbocycles. The molecule has 0 aliphatic rings. The number of amides is 3. The van der Waals surface area contributed by atoms with Crippen LogP contribution >= 0.6 is 22.9 Å². The number of ether oxygens (including phenoxy) is 1. The normalized spacial score (nSPS) is 11.2. The lowest BCUT2D eigenvalue weighted by Gasteiger charge is -2.10. The number of carbonyl (C=O) groups excluding carboxylic acids is 2. The molecule has 0 bridgehead atoms. The number of nitrogens with zero attached hydrogens (tertiary/aromatic N) is 1. The molecule has 7 nitrogen and oxygen atoms in total. The number of rotatable bonds is 6. The average molecular weight is 535 g/mol. The lowest BCUT2D eigenvalue weighted by molar-refractivity contribution is -0.274. The van der Waals surface area contributed by atoms with E-state index in [0.717, 1.165) is 17.7 Å². The summed E-state index contributed by atoms with van der Waals surface area (Å²) in [6.45, 7) is 1.92. The van der Waals surface area contributed by atoms with Crippen LogP contribution in [0.3, 0.4) is 0 Å². The molecule has 0 radical (unpaired) electrons. The van der Waals surface area contributed by atoms with Crippen molar-refractivity contribution >= 4 is 55.9 Å².